The van der Waals surface area contributed by atoms with Crippen molar-refractivity contribution in [2.45, 2.75) is 0 Å². The predicted molar refractivity (Wildman–Crippen MR) is 79.1 cm³/mol. The second kappa shape index (κ2) is 5.76. The van der Waals surface area contributed by atoms with E-state index >= 15 is 0 Å². The van der Waals surface area contributed by atoms with E-state index in [-0.39, 0.29) is 11.8 Å². The van der Waals surface area contributed by atoms with Gasteiger partial charge in [-0.25, -0.2) is 0 Å². The zero-order chi connectivity index (χ0) is 14.7. The number of amides is 1. The Morgan fingerprint density at radius 3 is 2.81 bits per heavy atom. The molecule has 0 spiro atoms. The van der Waals surface area contributed by atoms with Gasteiger partial charge >= 0.3 is 0 Å². The van der Waals surface area contributed by atoms with Crippen LogP contribution in [-0.2, 0) is 0 Å². The topological polar surface area (TPSA) is 68.0 Å². The van der Waals surface area contributed by atoms with E-state index in [2.05, 4.69) is 15.5 Å². The highest BCUT2D eigenvalue weighted by Gasteiger charge is 2.13. The van der Waals surface area contributed by atoms with Crippen LogP contribution < -0.4 is 5.32 Å². The summed E-state index contributed by atoms with van der Waals surface area (Å²) in [7, 11) is 0. The first-order valence-electron chi connectivity index (χ1n) is 6.17. The van der Waals surface area contributed by atoms with Crippen LogP contribution in [0.5, 0.6) is 0 Å². The molecule has 104 valence electrons. The molecule has 0 unspecified atom stereocenters. The number of hydrogen-bond acceptors (Lipinski definition) is 4. The van der Waals surface area contributed by atoms with Crippen molar-refractivity contribution in [3.63, 3.8) is 0 Å². The Hall–Kier alpha value is -2.66. The minimum absolute atomic E-state index is 0.249. The van der Waals surface area contributed by atoms with Crippen molar-refractivity contribution < 1.29 is 9.32 Å². The van der Waals surface area contributed by atoms with Gasteiger partial charge in [0.15, 0.2) is 0 Å². The number of anilines is 1. The minimum atomic E-state index is -0.352. The lowest BCUT2D eigenvalue weighted by Gasteiger charge is -2.02. The maximum atomic E-state index is 12.1. The van der Waals surface area contributed by atoms with Gasteiger partial charge in [0.2, 0.25) is 5.88 Å². The number of halogens is 1. The van der Waals surface area contributed by atoms with Gasteiger partial charge in [-0.1, -0.05) is 28.9 Å². The van der Waals surface area contributed by atoms with Gasteiger partial charge in [-0.05, 0) is 24.3 Å². The van der Waals surface area contributed by atoms with E-state index in [0.29, 0.717) is 16.3 Å². The van der Waals surface area contributed by atoms with Crippen LogP contribution in [0.3, 0.4) is 0 Å². The molecule has 0 aliphatic carbocycles. The van der Waals surface area contributed by atoms with E-state index < -0.39 is 0 Å². The fourth-order valence-electron chi connectivity index (χ4n) is 1.81. The van der Waals surface area contributed by atoms with Crippen molar-refractivity contribution in [3.05, 3.63) is 65.4 Å². The summed E-state index contributed by atoms with van der Waals surface area (Å²) in [6, 6.07) is 12.1. The first kappa shape index (κ1) is 13.3. The van der Waals surface area contributed by atoms with Gasteiger partial charge in [0.1, 0.15) is 5.69 Å². The first-order valence-corrected chi connectivity index (χ1v) is 6.55. The van der Waals surface area contributed by atoms with Crippen LogP contribution in [0.4, 0.5) is 5.88 Å². The van der Waals surface area contributed by atoms with Crippen LogP contribution in [0.1, 0.15) is 10.4 Å². The summed E-state index contributed by atoms with van der Waals surface area (Å²) < 4.78 is 5.10. The molecule has 6 heteroatoms. The van der Waals surface area contributed by atoms with E-state index in [0.717, 1.165) is 5.56 Å². The quantitative estimate of drug-likeness (QED) is 0.801. The van der Waals surface area contributed by atoms with Gasteiger partial charge in [-0.2, -0.15) is 0 Å². The maximum absolute atomic E-state index is 12.1. The molecule has 0 radical (unpaired) electrons. The fraction of sp³-hybridized carbons (Fsp3) is 0. The molecule has 3 rings (SSSR count). The van der Waals surface area contributed by atoms with E-state index in [4.69, 9.17) is 16.1 Å². The molecule has 3 aromatic rings. The molecule has 0 aliphatic rings. The zero-order valence-electron chi connectivity index (χ0n) is 10.8. The van der Waals surface area contributed by atoms with Crippen molar-refractivity contribution in [1.29, 1.82) is 0 Å². The molecule has 0 bridgehead atoms. The lowest BCUT2D eigenvalue weighted by atomic mass is 10.2. The van der Waals surface area contributed by atoms with Crippen molar-refractivity contribution in [2.24, 2.45) is 0 Å². The number of rotatable bonds is 3. The number of hydrogen-bond donors (Lipinski definition) is 1. The molecule has 0 atom stereocenters. The second-order valence-electron chi connectivity index (χ2n) is 4.25. The molecular weight excluding hydrogens is 290 g/mol. The molecule has 1 amide bonds. The number of carbonyl (C=O) groups excluding carboxylic acids is 1. The van der Waals surface area contributed by atoms with Crippen LogP contribution in [0.25, 0.3) is 11.3 Å². The highest BCUT2D eigenvalue weighted by molar-refractivity contribution is 6.34. The number of carbonyl (C=O) groups is 1. The van der Waals surface area contributed by atoms with E-state index in [1.807, 2.05) is 6.07 Å². The molecule has 0 saturated heterocycles. The van der Waals surface area contributed by atoms with E-state index in [9.17, 15) is 4.79 Å². The van der Waals surface area contributed by atoms with Crippen LogP contribution in [0.15, 0.2) is 59.4 Å². The molecule has 1 N–H and O–H groups in total. The number of nitrogens with one attached hydrogen (secondary N) is 1. The molecule has 5 nitrogen and oxygen atoms in total. The summed E-state index contributed by atoms with van der Waals surface area (Å²) in [6.45, 7) is 0. The Labute approximate surface area is 125 Å². The molecule has 1 aromatic carbocycles. The van der Waals surface area contributed by atoms with Crippen LogP contribution in [0.2, 0.25) is 5.02 Å². The Balaban J connectivity index is 1.79. The summed E-state index contributed by atoms with van der Waals surface area (Å²) in [4.78, 5) is 16.1. The Morgan fingerprint density at radius 2 is 2.05 bits per heavy atom. The van der Waals surface area contributed by atoms with E-state index in [1.165, 1.54) is 0 Å². The minimum Gasteiger partial charge on any atom is -0.338 e. The van der Waals surface area contributed by atoms with Gasteiger partial charge in [-0.15, -0.1) is 0 Å². The van der Waals surface area contributed by atoms with Crippen LogP contribution >= 0.6 is 11.6 Å². The third-order valence-electron chi connectivity index (χ3n) is 2.82. The largest absolute Gasteiger partial charge is 0.338 e. The van der Waals surface area contributed by atoms with Crippen molar-refractivity contribution in [1.82, 2.24) is 10.1 Å². The fourth-order valence-corrected chi connectivity index (χ4v) is 2.03. The second-order valence-corrected chi connectivity index (χ2v) is 4.66. The average molecular weight is 300 g/mol. The molecule has 0 saturated carbocycles. The molecule has 2 aromatic heterocycles. The smallest absolute Gasteiger partial charge is 0.259 e. The molecule has 21 heavy (non-hydrogen) atoms. The third-order valence-corrected chi connectivity index (χ3v) is 3.15. The Morgan fingerprint density at radius 1 is 1.19 bits per heavy atom. The number of pyridine rings is 1. The highest BCUT2D eigenvalue weighted by atomic mass is 35.5. The summed E-state index contributed by atoms with van der Waals surface area (Å²) in [5.41, 5.74) is 1.77. The number of aromatic nitrogens is 2. The van der Waals surface area contributed by atoms with Crippen molar-refractivity contribution >= 4 is 23.4 Å². The first-order chi connectivity index (χ1) is 10.2. The normalized spacial score (nSPS) is 10.3. The SMILES string of the molecule is O=C(Nc1cc(-c2cccnc2)no1)c1ccccc1Cl. The number of nitrogens with zero attached hydrogens (tertiary/aromatic N) is 2. The van der Waals surface area contributed by atoms with Crippen molar-refractivity contribution in [2.75, 3.05) is 5.32 Å². The summed E-state index contributed by atoms with van der Waals surface area (Å²) in [6.07, 6.45) is 3.33. The standard InChI is InChI=1S/C15H10ClN3O2/c16-12-6-2-1-5-11(12)15(20)18-14-8-13(19-21-14)10-4-3-7-17-9-10/h1-9H,(H,18,20). The Bertz CT molecular complexity index is 771. The lowest BCUT2D eigenvalue weighted by molar-refractivity contribution is 0.102. The average Bonchev–Trinajstić information content (AvgIpc) is 2.97. The third kappa shape index (κ3) is 2.93. The van der Waals surface area contributed by atoms with Crippen LogP contribution in [-0.4, -0.2) is 16.0 Å². The maximum Gasteiger partial charge on any atom is 0.259 e. The summed E-state index contributed by atoms with van der Waals surface area (Å²) >= 11 is 5.97. The zero-order valence-corrected chi connectivity index (χ0v) is 11.5. The predicted octanol–water partition coefficient (Wildman–Crippen LogP) is 3.64. The van der Waals surface area contributed by atoms with Gasteiger partial charge in [0.05, 0.1) is 10.6 Å². The molecule has 0 aliphatic heterocycles. The van der Waals surface area contributed by atoms with Gasteiger partial charge in [-0.3, -0.25) is 15.1 Å². The monoisotopic (exact) mass is 299 g/mol. The molecule has 0 fully saturated rings. The number of benzene rings is 1. The van der Waals surface area contributed by atoms with Gasteiger partial charge < -0.3 is 4.52 Å². The Kier molecular flexibility index (Phi) is 3.66. The van der Waals surface area contributed by atoms with Gasteiger partial charge in [0.25, 0.3) is 5.91 Å². The van der Waals surface area contributed by atoms with E-state index in [1.54, 1.807) is 48.8 Å². The summed E-state index contributed by atoms with van der Waals surface area (Å²) in [5.74, 6) is -0.103. The molecular formula is C15H10ClN3O2. The van der Waals surface area contributed by atoms with Crippen molar-refractivity contribution in [3.8, 4) is 11.3 Å². The molecule has 2 heterocycles. The lowest BCUT2D eigenvalue weighted by Crippen LogP contribution is -2.11. The van der Waals surface area contributed by atoms with Gasteiger partial charge in [0, 0.05) is 24.0 Å². The van der Waals surface area contributed by atoms with Crippen LogP contribution in [0, 0.1) is 0 Å². The summed E-state index contributed by atoms with van der Waals surface area (Å²) in [5, 5.41) is 6.89. The highest BCUT2D eigenvalue weighted by Crippen LogP contribution is 2.22.